The van der Waals surface area contributed by atoms with Crippen molar-refractivity contribution in [2.24, 2.45) is 5.92 Å². The van der Waals surface area contributed by atoms with Crippen LogP contribution < -0.4 is 10.6 Å². The van der Waals surface area contributed by atoms with Crippen LogP contribution >= 0.6 is 0 Å². The number of nitrogens with zero attached hydrogens (tertiary/aromatic N) is 1. The molecule has 2 aliphatic rings. The van der Waals surface area contributed by atoms with Crippen LogP contribution in [0.2, 0.25) is 0 Å². The van der Waals surface area contributed by atoms with Crippen LogP contribution in [0.5, 0.6) is 0 Å². The molecule has 0 spiro atoms. The minimum atomic E-state index is -5.04. The first kappa shape index (κ1) is 27.3. The fourth-order valence-corrected chi connectivity index (χ4v) is 4.86. The molecule has 0 aromatic heterocycles. The lowest BCUT2D eigenvalue weighted by molar-refractivity contribution is -0.144. The first-order valence-corrected chi connectivity index (χ1v) is 11.5. The van der Waals surface area contributed by atoms with E-state index < -0.39 is 47.1 Å². The smallest absolute Gasteiger partial charge is 0.389 e. The van der Waals surface area contributed by atoms with Gasteiger partial charge < -0.3 is 20.6 Å². The van der Waals surface area contributed by atoms with Gasteiger partial charge in [0.15, 0.2) is 0 Å². The lowest BCUT2D eigenvalue weighted by atomic mass is 9.82. The van der Waals surface area contributed by atoms with E-state index in [0.29, 0.717) is 12.1 Å². The third kappa shape index (κ3) is 6.87. The third-order valence-electron chi connectivity index (χ3n) is 6.82. The molecule has 2 atom stereocenters. The van der Waals surface area contributed by atoms with Crippen molar-refractivity contribution in [3.05, 3.63) is 29.3 Å². The van der Waals surface area contributed by atoms with E-state index in [1.54, 1.807) is 4.90 Å². The Morgan fingerprint density at radius 1 is 1.00 bits per heavy atom. The molecule has 0 bridgehead atoms. The summed E-state index contributed by atoms with van der Waals surface area (Å²) < 4.78 is 78.2. The number of likely N-dealkylation sites (tertiary alicyclic amines) is 1. The van der Waals surface area contributed by atoms with Gasteiger partial charge in [0.25, 0.3) is 0 Å². The summed E-state index contributed by atoms with van der Waals surface area (Å²) in [5.41, 5.74) is -5.28. The van der Waals surface area contributed by atoms with Gasteiger partial charge in [-0.15, -0.1) is 0 Å². The summed E-state index contributed by atoms with van der Waals surface area (Å²) in [4.78, 5) is 27.0. The van der Waals surface area contributed by atoms with Crippen molar-refractivity contribution in [3.8, 4) is 0 Å². The zero-order chi connectivity index (χ0) is 26.0. The number of benzene rings is 1. The molecular weight excluding hydrogens is 480 g/mol. The molecule has 3 rings (SSSR count). The average Bonchev–Trinajstić information content (AvgIpc) is 2.77. The molecule has 6 nitrogen and oxygen atoms in total. The molecule has 1 aliphatic carbocycles. The summed E-state index contributed by atoms with van der Waals surface area (Å²) in [5.74, 6) is -1.09. The van der Waals surface area contributed by atoms with E-state index in [1.165, 1.54) is 0 Å². The van der Waals surface area contributed by atoms with Crippen molar-refractivity contribution >= 4 is 17.5 Å². The molecule has 1 heterocycles. The molecule has 35 heavy (non-hydrogen) atoms. The Hall–Kier alpha value is -2.34. The second kappa shape index (κ2) is 10.3. The van der Waals surface area contributed by atoms with Crippen molar-refractivity contribution in [1.82, 2.24) is 10.2 Å². The van der Waals surface area contributed by atoms with Gasteiger partial charge in [0, 0.05) is 24.8 Å². The van der Waals surface area contributed by atoms with E-state index in [2.05, 4.69) is 10.6 Å². The molecule has 2 fully saturated rings. The van der Waals surface area contributed by atoms with Gasteiger partial charge in [0.05, 0.1) is 29.1 Å². The standard InChI is InChI=1S/C23H29F6N3O3/c1-30-18-5-3-2-4-17(18)20(34)32-8-6-21(35,7-9-32)13-19(33)31-16-11-14(22(24,25)26)10-15(12-16)23(27,28)29/h10-12,17-18,30,35H,2-9,13H2,1H3,(H,31,33). The molecule has 1 aliphatic heterocycles. The Morgan fingerprint density at radius 2 is 1.54 bits per heavy atom. The van der Waals surface area contributed by atoms with Crippen molar-refractivity contribution in [2.75, 3.05) is 25.5 Å². The van der Waals surface area contributed by atoms with Gasteiger partial charge in [-0.2, -0.15) is 26.3 Å². The van der Waals surface area contributed by atoms with E-state index >= 15 is 0 Å². The predicted octanol–water partition coefficient (Wildman–Crippen LogP) is 4.18. The highest BCUT2D eigenvalue weighted by molar-refractivity contribution is 5.91. The van der Waals surface area contributed by atoms with Gasteiger partial charge >= 0.3 is 12.4 Å². The third-order valence-corrected chi connectivity index (χ3v) is 6.82. The van der Waals surface area contributed by atoms with Crippen molar-refractivity contribution in [3.63, 3.8) is 0 Å². The summed E-state index contributed by atoms with van der Waals surface area (Å²) in [6.07, 6.45) is -6.79. The summed E-state index contributed by atoms with van der Waals surface area (Å²) in [6, 6.07) is 0.888. The maximum absolute atomic E-state index is 13.0. The fraction of sp³-hybridized carbons (Fsp3) is 0.652. The van der Waals surface area contributed by atoms with Gasteiger partial charge in [-0.05, 0) is 50.9 Å². The highest BCUT2D eigenvalue weighted by Crippen LogP contribution is 2.38. The number of amides is 2. The van der Waals surface area contributed by atoms with E-state index in [0.717, 1.165) is 25.7 Å². The van der Waals surface area contributed by atoms with Gasteiger partial charge in [-0.3, -0.25) is 9.59 Å². The van der Waals surface area contributed by atoms with Crippen LogP contribution in [0.4, 0.5) is 32.0 Å². The van der Waals surface area contributed by atoms with Crippen LogP contribution in [0, 0.1) is 5.92 Å². The van der Waals surface area contributed by atoms with Crippen molar-refractivity contribution < 1.29 is 41.0 Å². The number of nitrogens with one attached hydrogen (secondary N) is 2. The second-order valence-corrected chi connectivity index (χ2v) is 9.36. The second-order valence-electron chi connectivity index (χ2n) is 9.36. The molecule has 196 valence electrons. The maximum atomic E-state index is 13.0. The van der Waals surface area contributed by atoms with Crippen LogP contribution in [0.3, 0.4) is 0 Å². The van der Waals surface area contributed by atoms with Crippen LogP contribution in [-0.4, -0.2) is 53.6 Å². The van der Waals surface area contributed by atoms with Crippen LogP contribution in [-0.2, 0) is 21.9 Å². The number of carbonyl (C=O) groups excluding carboxylic acids is 2. The number of alkyl halides is 6. The maximum Gasteiger partial charge on any atom is 0.416 e. The molecule has 1 aromatic rings. The monoisotopic (exact) mass is 509 g/mol. The van der Waals surface area contributed by atoms with Crippen molar-refractivity contribution in [1.29, 1.82) is 0 Å². The molecule has 0 radical (unpaired) electrons. The SMILES string of the molecule is CNC1CCCCC1C(=O)N1CCC(O)(CC(=O)Nc2cc(C(F)(F)F)cc(C(F)(F)F)c2)CC1. The predicted molar refractivity (Wildman–Crippen MR) is 115 cm³/mol. The number of piperidine rings is 1. The van der Waals surface area contributed by atoms with Gasteiger partial charge in [-0.1, -0.05) is 12.8 Å². The van der Waals surface area contributed by atoms with E-state index in [4.69, 9.17) is 0 Å². The first-order chi connectivity index (χ1) is 16.2. The van der Waals surface area contributed by atoms with Crippen LogP contribution in [0.15, 0.2) is 18.2 Å². The fourth-order valence-electron chi connectivity index (χ4n) is 4.86. The summed E-state index contributed by atoms with van der Waals surface area (Å²) in [7, 11) is 1.81. The molecule has 1 saturated carbocycles. The number of carbonyl (C=O) groups is 2. The molecule has 1 aromatic carbocycles. The summed E-state index contributed by atoms with van der Waals surface area (Å²) in [5, 5.41) is 16.1. The van der Waals surface area contributed by atoms with Gasteiger partial charge in [-0.25, -0.2) is 0 Å². The topological polar surface area (TPSA) is 81.7 Å². The Balaban J connectivity index is 1.62. The lowest BCUT2D eigenvalue weighted by Crippen LogP contribution is -2.52. The van der Waals surface area contributed by atoms with E-state index in [9.17, 15) is 41.0 Å². The molecule has 12 heteroatoms. The summed E-state index contributed by atoms with van der Waals surface area (Å²) >= 11 is 0. The zero-order valence-corrected chi connectivity index (χ0v) is 19.2. The number of hydrogen-bond acceptors (Lipinski definition) is 4. The summed E-state index contributed by atoms with van der Waals surface area (Å²) in [6.45, 7) is 0.411. The molecule has 2 unspecified atom stereocenters. The average molecular weight is 509 g/mol. The highest BCUT2D eigenvalue weighted by Gasteiger charge is 2.40. The van der Waals surface area contributed by atoms with Crippen LogP contribution in [0.25, 0.3) is 0 Å². The number of anilines is 1. The Labute approximate surface area is 199 Å². The first-order valence-electron chi connectivity index (χ1n) is 11.5. The minimum Gasteiger partial charge on any atom is -0.389 e. The van der Waals surface area contributed by atoms with E-state index in [1.807, 2.05) is 7.05 Å². The molecular formula is C23H29F6N3O3. The van der Waals surface area contributed by atoms with E-state index in [-0.39, 0.29) is 49.9 Å². The number of hydrogen-bond donors (Lipinski definition) is 3. The number of rotatable bonds is 5. The molecule has 3 N–H and O–H groups in total. The highest BCUT2D eigenvalue weighted by atomic mass is 19.4. The number of halogens is 6. The lowest BCUT2D eigenvalue weighted by Gasteiger charge is -2.41. The quantitative estimate of drug-likeness (QED) is 0.521. The largest absolute Gasteiger partial charge is 0.416 e. The normalized spacial score (nSPS) is 23.1. The molecule has 2 amide bonds. The van der Waals surface area contributed by atoms with Crippen molar-refractivity contribution in [2.45, 2.75) is 68.9 Å². The Morgan fingerprint density at radius 3 is 2.06 bits per heavy atom. The van der Waals surface area contributed by atoms with Gasteiger partial charge in [0.1, 0.15) is 0 Å². The molecule has 1 saturated heterocycles. The Kier molecular flexibility index (Phi) is 8.05. The Bertz CT molecular complexity index is 894. The number of aliphatic hydroxyl groups is 1. The minimum absolute atomic E-state index is 0.0146. The van der Waals surface area contributed by atoms with Gasteiger partial charge in [0.2, 0.25) is 11.8 Å². The zero-order valence-electron chi connectivity index (χ0n) is 19.2. The van der Waals surface area contributed by atoms with Crippen LogP contribution in [0.1, 0.15) is 56.1 Å².